The second kappa shape index (κ2) is 8.83. The molecule has 2 aromatic carbocycles. The highest BCUT2D eigenvalue weighted by Crippen LogP contribution is 2.30. The lowest BCUT2D eigenvalue weighted by atomic mass is 10.1. The van der Waals surface area contributed by atoms with Gasteiger partial charge in [-0.3, -0.25) is 0 Å². The van der Waals surface area contributed by atoms with Gasteiger partial charge in [-0.05, 0) is 48.0 Å². The summed E-state index contributed by atoms with van der Waals surface area (Å²) in [4.78, 5) is 23.7. The molecule has 2 rings (SSSR count). The van der Waals surface area contributed by atoms with Crippen molar-refractivity contribution in [1.82, 2.24) is 0 Å². The molecule has 0 N–H and O–H groups in total. The van der Waals surface area contributed by atoms with Crippen LogP contribution < -0.4 is 9.47 Å². The maximum Gasteiger partial charge on any atom is 0.348 e. The van der Waals surface area contributed by atoms with E-state index in [0.717, 1.165) is 4.47 Å². The molecule has 0 saturated heterocycles. The first-order valence-electron chi connectivity index (χ1n) is 7.34. The zero-order chi connectivity index (χ0) is 19.1. The van der Waals surface area contributed by atoms with Gasteiger partial charge in [0.25, 0.3) is 0 Å². The van der Waals surface area contributed by atoms with Crippen LogP contribution in [0.2, 0.25) is 0 Å². The van der Waals surface area contributed by atoms with Crippen LogP contribution in [0.5, 0.6) is 11.5 Å². The predicted octanol–water partition coefficient (Wildman–Crippen LogP) is 3.76. The molecule has 0 aliphatic heterocycles. The highest BCUT2D eigenvalue weighted by molar-refractivity contribution is 9.10. The Morgan fingerprint density at radius 3 is 2.35 bits per heavy atom. The van der Waals surface area contributed by atoms with Crippen molar-refractivity contribution in [3.63, 3.8) is 0 Å². The van der Waals surface area contributed by atoms with Gasteiger partial charge in [-0.15, -0.1) is 0 Å². The first kappa shape index (κ1) is 19.2. The van der Waals surface area contributed by atoms with Crippen molar-refractivity contribution in [2.75, 3.05) is 14.2 Å². The molecule has 7 heteroatoms. The molecule has 0 radical (unpaired) electrons. The summed E-state index contributed by atoms with van der Waals surface area (Å²) in [5.74, 6) is -0.774. The van der Waals surface area contributed by atoms with Crippen LogP contribution in [0.4, 0.5) is 0 Å². The van der Waals surface area contributed by atoms with E-state index in [9.17, 15) is 9.59 Å². The summed E-state index contributed by atoms with van der Waals surface area (Å²) >= 11 is 3.30. The normalized spacial score (nSPS) is 10.6. The minimum Gasteiger partial charge on any atom is -0.493 e. The lowest BCUT2D eigenvalue weighted by molar-refractivity contribution is -0.135. The van der Waals surface area contributed by atoms with Gasteiger partial charge in [0.2, 0.25) is 0 Å². The van der Waals surface area contributed by atoms with Crippen molar-refractivity contribution in [2.45, 2.75) is 0 Å². The van der Waals surface area contributed by atoms with Gasteiger partial charge in [-0.2, -0.15) is 5.26 Å². The van der Waals surface area contributed by atoms with Crippen molar-refractivity contribution in [3.05, 3.63) is 63.6 Å². The number of carbonyl (C=O) groups is 2. The topological polar surface area (TPSA) is 85.6 Å². The van der Waals surface area contributed by atoms with Crippen molar-refractivity contribution in [1.29, 1.82) is 5.26 Å². The summed E-state index contributed by atoms with van der Waals surface area (Å²) in [5, 5.41) is 9.01. The Kier molecular flexibility index (Phi) is 6.53. The van der Waals surface area contributed by atoms with Gasteiger partial charge in [0.05, 0.1) is 19.8 Å². The highest BCUT2D eigenvalue weighted by atomic mass is 79.9. The number of nitriles is 1. The standard InChI is InChI=1S/C19H14BrNO5/c1-24-17-10-12(9-14(11-21)18(22)25-2)3-8-16(17)26-19(23)13-4-6-15(20)7-5-13/h3-10H,1-2H3. The van der Waals surface area contributed by atoms with Crippen molar-refractivity contribution >= 4 is 33.9 Å². The molecule has 0 spiro atoms. The van der Waals surface area contributed by atoms with Crippen LogP contribution in [-0.2, 0) is 9.53 Å². The number of ether oxygens (including phenoxy) is 3. The first-order chi connectivity index (χ1) is 12.5. The van der Waals surface area contributed by atoms with Gasteiger partial charge in [-0.1, -0.05) is 22.0 Å². The molecule has 0 heterocycles. The van der Waals surface area contributed by atoms with Crippen LogP contribution in [-0.4, -0.2) is 26.2 Å². The molecule has 0 aliphatic carbocycles. The lowest BCUT2D eigenvalue weighted by Crippen LogP contribution is -2.09. The fraction of sp³-hybridized carbons (Fsp3) is 0.105. The molecule has 0 unspecified atom stereocenters. The molecule has 0 fully saturated rings. The molecule has 0 saturated carbocycles. The monoisotopic (exact) mass is 415 g/mol. The van der Waals surface area contributed by atoms with E-state index in [1.807, 2.05) is 0 Å². The van der Waals surface area contributed by atoms with E-state index in [2.05, 4.69) is 20.7 Å². The van der Waals surface area contributed by atoms with Crippen molar-refractivity contribution in [2.24, 2.45) is 0 Å². The van der Waals surface area contributed by atoms with Gasteiger partial charge in [-0.25, -0.2) is 9.59 Å². The van der Waals surface area contributed by atoms with Gasteiger partial charge in [0, 0.05) is 4.47 Å². The molecule has 26 heavy (non-hydrogen) atoms. The zero-order valence-corrected chi connectivity index (χ0v) is 15.6. The summed E-state index contributed by atoms with van der Waals surface area (Å²) in [7, 11) is 2.62. The summed E-state index contributed by atoms with van der Waals surface area (Å²) in [6.45, 7) is 0. The smallest absolute Gasteiger partial charge is 0.348 e. The number of rotatable bonds is 5. The van der Waals surface area contributed by atoms with E-state index in [1.165, 1.54) is 26.4 Å². The number of halogens is 1. The number of hydrogen-bond acceptors (Lipinski definition) is 6. The molecule has 0 atom stereocenters. The lowest BCUT2D eigenvalue weighted by Gasteiger charge is -2.10. The molecular formula is C19H14BrNO5. The van der Waals surface area contributed by atoms with E-state index in [-0.39, 0.29) is 17.1 Å². The highest BCUT2D eigenvalue weighted by Gasteiger charge is 2.14. The maximum atomic E-state index is 12.2. The number of methoxy groups -OCH3 is 2. The van der Waals surface area contributed by atoms with Crippen LogP contribution in [0.15, 0.2) is 52.5 Å². The van der Waals surface area contributed by atoms with E-state index in [0.29, 0.717) is 11.1 Å². The van der Waals surface area contributed by atoms with E-state index >= 15 is 0 Å². The van der Waals surface area contributed by atoms with E-state index in [4.69, 9.17) is 14.7 Å². The Labute approximate surface area is 158 Å². The Morgan fingerprint density at radius 1 is 1.08 bits per heavy atom. The zero-order valence-electron chi connectivity index (χ0n) is 14.0. The van der Waals surface area contributed by atoms with E-state index < -0.39 is 11.9 Å². The first-order valence-corrected chi connectivity index (χ1v) is 8.13. The van der Waals surface area contributed by atoms with E-state index in [1.54, 1.807) is 42.5 Å². The number of hydrogen-bond donors (Lipinski definition) is 0. The summed E-state index contributed by atoms with van der Waals surface area (Å²) in [6.07, 6.45) is 1.36. The summed E-state index contributed by atoms with van der Waals surface area (Å²) in [5.41, 5.74) is 0.748. The molecule has 0 aliphatic rings. The van der Waals surface area contributed by atoms with Crippen LogP contribution >= 0.6 is 15.9 Å². The molecule has 132 valence electrons. The Bertz CT molecular complexity index is 897. The molecule has 0 aromatic heterocycles. The fourth-order valence-corrected chi connectivity index (χ4v) is 2.28. The van der Waals surface area contributed by atoms with Crippen LogP contribution in [0.3, 0.4) is 0 Å². The summed E-state index contributed by atoms with van der Waals surface area (Å²) < 4.78 is 16.0. The van der Waals surface area contributed by atoms with Crippen molar-refractivity contribution in [3.8, 4) is 17.6 Å². The summed E-state index contributed by atoms with van der Waals surface area (Å²) in [6, 6.07) is 13.2. The largest absolute Gasteiger partial charge is 0.493 e. The maximum absolute atomic E-state index is 12.2. The van der Waals surface area contributed by atoms with Gasteiger partial charge < -0.3 is 14.2 Å². The third kappa shape index (κ3) is 4.71. The van der Waals surface area contributed by atoms with Gasteiger partial charge in [0.1, 0.15) is 11.6 Å². The quantitative estimate of drug-likeness (QED) is 0.319. The fourth-order valence-electron chi connectivity index (χ4n) is 2.02. The van der Waals surface area contributed by atoms with Gasteiger partial charge >= 0.3 is 11.9 Å². The Balaban J connectivity index is 2.27. The molecular weight excluding hydrogens is 402 g/mol. The number of carbonyl (C=O) groups excluding carboxylic acids is 2. The van der Waals surface area contributed by atoms with Crippen LogP contribution in [0.25, 0.3) is 6.08 Å². The number of benzene rings is 2. The molecule has 0 amide bonds. The Morgan fingerprint density at radius 2 is 1.77 bits per heavy atom. The number of esters is 2. The van der Waals surface area contributed by atoms with Crippen molar-refractivity contribution < 1.29 is 23.8 Å². The van der Waals surface area contributed by atoms with Crippen LogP contribution in [0.1, 0.15) is 15.9 Å². The molecule has 0 bridgehead atoms. The molecule has 2 aromatic rings. The minimum atomic E-state index is -0.739. The molecule has 6 nitrogen and oxygen atoms in total. The average Bonchev–Trinajstić information content (AvgIpc) is 2.66. The number of nitrogens with zero attached hydrogens (tertiary/aromatic N) is 1. The second-order valence-electron chi connectivity index (χ2n) is 4.97. The van der Waals surface area contributed by atoms with Gasteiger partial charge in [0.15, 0.2) is 11.5 Å². The average molecular weight is 416 g/mol. The SMILES string of the molecule is COC(=O)C(C#N)=Cc1ccc(OC(=O)c2ccc(Br)cc2)c(OC)c1. The third-order valence-corrected chi connectivity index (χ3v) is 3.84. The third-order valence-electron chi connectivity index (χ3n) is 3.31. The minimum absolute atomic E-state index is 0.158. The predicted molar refractivity (Wildman–Crippen MR) is 97.7 cm³/mol. The Hall–Kier alpha value is -3.11. The second-order valence-corrected chi connectivity index (χ2v) is 5.88. The van der Waals surface area contributed by atoms with Crippen LogP contribution in [0, 0.1) is 11.3 Å².